The Hall–Kier alpha value is 0.395. The molecule has 0 saturated heterocycles. The van der Waals surface area contributed by atoms with E-state index in [1.165, 1.54) is 0 Å². The van der Waals surface area contributed by atoms with Gasteiger partial charge in [0.2, 0.25) is 0 Å². The van der Waals surface area contributed by atoms with E-state index in [4.69, 9.17) is 12.8 Å². The summed E-state index contributed by atoms with van der Waals surface area (Å²) in [6.45, 7) is 0. The number of hydrogen-bond donors (Lipinski definition) is 0. The zero-order valence-electron chi connectivity index (χ0n) is 7.46. The minimum absolute atomic E-state index is 0.917. The third-order valence-electron chi connectivity index (χ3n) is 2.05. The van der Waals surface area contributed by atoms with E-state index in [2.05, 4.69) is 21.1 Å². The van der Waals surface area contributed by atoms with E-state index in [0.29, 0.717) is 0 Å². The summed E-state index contributed by atoms with van der Waals surface area (Å²) in [7, 11) is 5.85. The number of rotatable bonds is 3. The Morgan fingerprint density at radius 2 is 2.36 bits per heavy atom. The molecule has 0 N–H and O–H groups in total. The van der Waals surface area contributed by atoms with Gasteiger partial charge in [-0.3, -0.25) is 0 Å². The summed E-state index contributed by atoms with van der Waals surface area (Å²) in [5, 5.41) is 5.13. The van der Waals surface area contributed by atoms with Crippen LogP contribution in [0.15, 0.2) is 27.2 Å². The van der Waals surface area contributed by atoms with Crippen molar-refractivity contribution in [1.29, 1.82) is 0 Å². The molecule has 0 unspecified atom stereocenters. The summed E-state index contributed by atoms with van der Waals surface area (Å²) in [4.78, 5) is 0. The van der Waals surface area contributed by atoms with Crippen LogP contribution in [-0.2, 0) is 29.8 Å². The van der Waals surface area contributed by atoms with Crippen LogP contribution in [0, 0.1) is 0 Å². The number of nitrogens with zero attached hydrogens (tertiary/aromatic N) is 1. The van der Waals surface area contributed by atoms with Gasteiger partial charge in [0, 0.05) is 0 Å². The normalized spacial score (nSPS) is 10.4. The Bertz CT molecular complexity index is 445. The van der Waals surface area contributed by atoms with Gasteiger partial charge in [0.15, 0.2) is 0 Å². The zero-order valence-corrected chi connectivity index (χ0v) is 15.3. The van der Waals surface area contributed by atoms with Gasteiger partial charge in [-0.25, -0.2) is 0 Å². The Morgan fingerprint density at radius 3 is 3.14 bits per heavy atom. The topological polar surface area (TPSA) is 26.0 Å². The van der Waals surface area contributed by atoms with Gasteiger partial charge in [0.25, 0.3) is 0 Å². The van der Waals surface area contributed by atoms with Crippen molar-refractivity contribution in [3.05, 3.63) is 28.4 Å². The zero-order chi connectivity index (χ0) is 9.97. The van der Waals surface area contributed by atoms with Crippen LogP contribution >= 0.6 is 24.2 Å². The molecule has 1 aromatic heterocycles. The molecule has 0 spiro atoms. The Kier molecular flexibility index (Phi) is 3.85. The molecular formula is C9H7BrClHgNO. The van der Waals surface area contributed by atoms with Crippen molar-refractivity contribution in [3.63, 3.8) is 0 Å². The second-order valence-corrected chi connectivity index (χ2v) is 11.5. The average Bonchev–Trinajstić information content (AvgIpc) is 2.57. The van der Waals surface area contributed by atoms with Crippen LogP contribution in [0.1, 0.15) is 5.76 Å². The van der Waals surface area contributed by atoms with Gasteiger partial charge >= 0.3 is 107 Å². The molecule has 2 aromatic rings. The summed E-state index contributed by atoms with van der Waals surface area (Å²) in [6, 6.07) is 6.01. The number of aryl methyl sites for hydroxylation is 1. The summed E-state index contributed by atoms with van der Waals surface area (Å²) in [5.41, 5.74) is 0.917. The van der Waals surface area contributed by atoms with Crippen LogP contribution in [0.4, 0.5) is 0 Å². The molecule has 0 bridgehead atoms. The van der Waals surface area contributed by atoms with E-state index in [1.54, 1.807) is 0 Å². The molecule has 0 radical (unpaired) electrons. The molecule has 0 aliphatic rings. The maximum atomic E-state index is 5.85. The molecule has 0 fully saturated rings. The van der Waals surface area contributed by atoms with Gasteiger partial charge in [-0.15, -0.1) is 0 Å². The standard InChI is InChI=1S/C9H7BrNO.ClH.Hg/c1-2-9-7-4-3-6(10)5-8(7)11-12-9;;/h3-5H,1-2H2;1H;/q;;+1/p-1. The Balaban J connectivity index is 2.37. The predicted molar refractivity (Wildman–Crippen MR) is 56.1 cm³/mol. The van der Waals surface area contributed by atoms with E-state index in [1.807, 2.05) is 18.2 Å². The van der Waals surface area contributed by atoms with Crippen LogP contribution in [0.3, 0.4) is 0 Å². The van der Waals surface area contributed by atoms with Gasteiger partial charge in [0.05, 0.1) is 0 Å². The summed E-state index contributed by atoms with van der Waals surface area (Å²) >= 11 is 2.36. The molecule has 70 valence electrons. The Morgan fingerprint density at radius 1 is 1.50 bits per heavy atom. The first-order valence-electron chi connectivity index (χ1n) is 4.41. The molecule has 1 aromatic carbocycles. The second kappa shape index (κ2) is 4.95. The first-order valence-corrected chi connectivity index (χ1v) is 15.9. The molecule has 1 heterocycles. The first-order chi connectivity index (χ1) is 6.81. The van der Waals surface area contributed by atoms with Crippen LogP contribution in [-0.4, -0.2) is 5.16 Å². The van der Waals surface area contributed by atoms with Crippen LogP contribution in [0.2, 0.25) is 3.93 Å². The van der Waals surface area contributed by atoms with Crippen molar-refractivity contribution < 1.29 is 27.9 Å². The SMILES string of the molecule is [Cl][Hg][CH2]Cc1onc2cc(Br)ccc12. The summed E-state index contributed by atoms with van der Waals surface area (Å²) < 4.78 is 7.45. The van der Waals surface area contributed by atoms with Crippen molar-refractivity contribution in [2.24, 2.45) is 0 Å². The van der Waals surface area contributed by atoms with E-state index in [-0.39, 0.29) is 0 Å². The predicted octanol–water partition coefficient (Wildman–Crippen LogP) is 3.79. The molecule has 14 heavy (non-hydrogen) atoms. The van der Waals surface area contributed by atoms with Crippen molar-refractivity contribution in [1.82, 2.24) is 5.16 Å². The Labute approximate surface area is 106 Å². The van der Waals surface area contributed by atoms with Crippen molar-refractivity contribution in [2.75, 3.05) is 0 Å². The van der Waals surface area contributed by atoms with Gasteiger partial charge in [-0.2, -0.15) is 0 Å². The van der Waals surface area contributed by atoms with Gasteiger partial charge < -0.3 is 0 Å². The monoisotopic (exact) mass is 461 g/mol. The van der Waals surface area contributed by atoms with E-state index in [0.717, 1.165) is 31.5 Å². The fraction of sp³-hybridized carbons (Fsp3) is 0.222. The fourth-order valence-corrected chi connectivity index (χ4v) is 4.67. The minimum atomic E-state index is -1.04. The number of benzene rings is 1. The third kappa shape index (κ3) is 2.31. The van der Waals surface area contributed by atoms with Crippen molar-refractivity contribution in [2.45, 2.75) is 10.4 Å². The van der Waals surface area contributed by atoms with Crippen LogP contribution in [0.5, 0.6) is 0 Å². The van der Waals surface area contributed by atoms with Crippen molar-refractivity contribution in [3.8, 4) is 0 Å². The van der Waals surface area contributed by atoms with Gasteiger partial charge in [0.1, 0.15) is 0 Å². The van der Waals surface area contributed by atoms with Crippen LogP contribution in [0.25, 0.3) is 10.9 Å². The second-order valence-electron chi connectivity index (χ2n) is 3.06. The maximum absolute atomic E-state index is 5.85. The summed E-state index contributed by atoms with van der Waals surface area (Å²) in [6.07, 6.45) is 0.948. The molecule has 0 aliphatic heterocycles. The molecule has 0 atom stereocenters. The van der Waals surface area contributed by atoms with Crippen LogP contribution < -0.4 is 0 Å². The quantitative estimate of drug-likeness (QED) is 0.651. The van der Waals surface area contributed by atoms with Crippen molar-refractivity contribution >= 4 is 35.1 Å². The number of aromatic nitrogens is 1. The molecule has 5 heteroatoms. The van der Waals surface area contributed by atoms with E-state index >= 15 is 0 Å². The fourth-order valence-electron chi connectivity index (χ4n) is 1.38. The molecule has 0 amide bonds. The number of fused-ring (bicyclic) bond motifs is 1. The molecule has 0 aliphatic carbocycles. The molecule has 0 saturated carbocycles. The number of hydrogen-bond acceptors (Lipinski definition) is 2. The molecular weight excluding hydrogens is 454 g/mol. The first kappa shape index (κ1) is 10.9. The average molecular weight is 461 g/mol. The summed E-state index contributed by atoms with van der Waals surface area (Å²) in [5.74, 6) is 0.980. The van der Waals surface area contributed by atoms with E-state index < -0.39 is 23.3 Å². The van der Waals surface area contributed by atoms with Gasteiger partial charge in [-0.05, 0) is 0 Å². The molecule has 2 nitrogen and oxygen atoms in total. The van der Waals surface area contributed by atoms with Gasteiger partial charge in [-0.1, -0.05) is 0 Å². The molecule has 2 rings (SSSR count). The number of halogens is 2. The third-order valence-corrected chi connectivity index (χ3v) is 7.30. The van der Waals surface area contributed by atoms with E-state index in [9.17, 15) is 0 Å².